The summed E-state index contributed by atoms with van der Waals surface area (Å²) in [6.07, 6.45) is 2.27. The molecule has 0 spiro atoms. The predicted molar refractivity (Wildman–Crippen MR) is 81.9 cm³/mol. The number of nitrogens with one attached hydrogen (secondary N) is 1. The van der Waals surface area contributed by atoms with Crippen molar-refractivity contribution in [3.63, 3.8) is 0 Å². The van der Waals surface area contributed by atoms with Gasteiger partial charge in [-0.25, -0.2) is 8.42 Å². The maximum Gasteiger partial charge on any atom is 0.245 e. The highest BCUT2D eigenvalue weighted by Gasteiger charge is 2.37. The van der Waals surface area contributed by atoms with Gasteiger partial charge in [-0.2, -0.15) is 4.31 Å². The van der Waals surface area contributed by atoms with Crippen LogP contribution in [-0.2, 0) is 16.6 Å². The molecule has 0 saturated heterocycles. The third-order valence-electron chi connectivity index (χ3n) is 3.59. The second-order valence-corrected chi connectivity index (χ2v) is 9.40. The highest BCUT2D eigenvalue weighted by atomic mass is 79.9. The second-order valence-electron chi connectivity index (χ2n) is 4.98. The molecule has 1 aliphatic carbocycles. The van der Waals surface area contributed by atoms with Gasteiger partial charge in [-0.1, -0.05) is 0 Å². The first-order valence-corrected chi connectivity index (χ1v) is 9.33. The molecule has 1 unspecified atom stereocenters. The van der Waals surface area contributed by atoms with Crippen LogP contribution in [0, 0.1) is 5.92 Å². The summed E-state index contributed by atoms with van der Waals surface area (Å²) in [7, 11) is 0.129. The van der Waals surface area contributed by atoms with Gasteiger partial charge < -0.3 is 5.32 Å². The summed E-state index contributed by atoms with van der Waals surface area (Å²) in [6.45, 7) is 2.67. The molecule has 1 aliphatic rings. The number of hydrogen-bond donors (Lipinski definition) is 1. The topological polar surface area (TPSA) is 49.4 Å². The van der Waals surface area contributed by atoms with Crippen molar-refractivity contribution in [3.8, 4) is 0 Å². The summed E-state index contributed by atoms with van der Waals surface area (Å²) in [4.78, 5) is 1.40. The summed E-state index contributed by atoms with van der Waals surface area (Å²) in [5, 5.41) is 3.04. The second kappa shape index (κ2) is 5.81. The van der Waals surface area contributed by atoms with Crippen molar-refractivity contribution in [2.24, 2.45) is 5.92 Å². The number of rotatable bonds is 6. The average Bonchev–Trinajstić information content (AvgIpc) is 3.12. The number of thiophene rings is 1. The van der Waals surface area contributed by atoms with Crippen LogP contribution in [-0.4, -0.2) is 32.9 Å². The lowest BCUT2D eigenvalue weighted by Gasteiger charge is -2.23. The van der Waals surface area contributed by atoms with Crippen molar-refractivity contribution in [2.45, 2.75) is 37.2 Å². The van der Waals surface area contributed by atoms with E-state index in [4.69, 9.17) is 0 Å². The average molecular weight is 367 g/mol. The van der Waals surface area contributed by atoms with Crippen LogP contribution in [0.1, 0.15) is 24.6 Å². The van der Waals surface area contributed by atoms with Crippen molar-refractivity contribution in [1.82, 2.24) is 9.62 Å². The molecule has 19 heavy (non-hydrogen) atoms. The molecule has 1 atom stereocenters. The zero-order valence-electron chi connectivity index (χ0n) is 11.3. The van der Waals surface area contributed by atoms with Crippen LogP contribution in [0.15, 0.2) is 14.7 Å². The smallest absolute Gasteiger partial charge is 0.245 e. The van der Waals surface area contributed by atoms with E-state index in [1.54, 1.807) is 13.1 Å². The number of sulfonamides is 1. The van der Waals surface area contributed by atoms with E-state index >= 15 is 0 Å². The molecule has 1 aromatic heterocycles. The van der Waals surface area contributed by atoms with Crippen LogP contribution < -0.4 is 5.32 Å². The van der Waals surface area contributed by atoms with Gasteiger partial charge in [-0.15, -0.1) is 11.3 Å². The third kappa shape index (κ3) is 3.21. The van der Waals surface area contributed by atoms with Gasteiger partial charge in [0.1, 0.15) is 4.90 Å². The minimum absolute atomic E-state index is 0.0737. The Morgan fingerprint density at radius 2 is 2.21 bits per heavy atom. The van der Waals surface area contributed by atoms with Gasteiger partial charge in [-0.05, 0) is 54.7 Å². The summed E-state index contributed by atoms with van der Waals surface area (Å²) in [5.41, 5.74) is 0. The standard InChI is InChI=1S/C12H19BrN2O2S2/c1-8(9-4-5-9)15(3)19(16,17)11-6-10(7-14-2)18-12(11)13/h6,8-9,14H,4-5,7H2,1-3H3. The number of nitrogens with zero attached hydrogens (tertiary/aromatic N) is 1. The Morgan fingerprint density at radius 3 is 2.74 bits per heavy atom. The lowest BCUT2D eigenvalue weighted by Crippen LogP contribution is -2.36. The van der Waals surface area contributed by atoms with Gasteiger partial charge in [0.15, 0.2) is 0 Å². The van der Waals surface area contributed by atoms with E-state index in [9.17, 15) is 8.42 Å². The molecule has 1 saturated carbocycles. The fourth-order valence-electron chi connectivity index (χ4n) is 2.08. The summed E-state index contributed by atoms with van der Waals surface area (Å²) in [6, 6.07) is 1.83. The van der Waals surface area contributed by atoms with Crippen LogP contribution in [0.25, 0.3) is 0 Å². The highest BCUT2D eigenvalue weighted by molar-refractivity contribution is 9.11. The van der Waals surface area contributed by atoms with Gasteiger partial charge >= 0.3 is 0 Å². The molecular formula is C12H19BrN2O2S2. The summed E-state index contributed by atoms with van der Waals surface area (Å²) < 4.78 is 27.5. The molecule has 1 aromatic rings. The molecule has 0 radical (unpaired) electrons. The largest absolute Gasteiger partial charge is 0.315 e. The zero-order valence-corrected chi connectivity index (χ0v) is 14.5. The minimum atomic E-state index is -3.40. The van der Waals surface area contributed by atoms with E-state index in [1.165, 1.54) is 15.6 Å². The molecule has 0 aliphatic heterocycles. The maximum atomic E-state index is 12.6. The zero-order chi connectivity index (χ0) is 14.2. The molecular weight excluding hydrogens is 348 g/mol. The molecule has 1 N–H and O–H groups in total. The summed E-state index contributed by atoms with van der Waals surface area (Å²) >= 11 is 4.85. The van der Waals surface area contributed by atoms with E-state index in [0.29, 0.717) is 21.1 Å². The Kier molecular flexibility index (Phi) is 4.72. The van der Waals surface area contributed by atoms with Crippen molar-refractivity contribution in [2.75, 3.05) is 14.1 Å². The fourth-order valence-corrected chi connectivity index (χ4v) is 6.15. The lowest BCUT2D eigenvalue weighted by molar-refractivity contribution is 0.357. The van der Waals surface area contributed by atoms with Crippen LogP contribution >= 0.6 is 27.3 Å². The molecule has 4 nitrogen and oxygen atoms in total. The van der Waals surface area contributed by atoms with E-state index in [0.717, 1.165) is 17.7 Å². The number of hydrogen-bond acceptors (Lipinski definition) is 4. The van der Waals surface area contributed by atoms with Gasteiger partial charge in [0, 0.05) is 24.5 Å². The van der Waals surface area contributed by atoms with Crippen LogP contribution in [0.3, 0.4) is 0 Å². The molecule has 1 fully saturated rings. The molecule has 0 bridgehead atoms. The minimum Gasteiger partial charge on any atom is -0.315 e. The molecule has 1 heterocycles. The van der Waals surface area contributed by atoms with E-state index in [-0.39, 0.29) is 6.04 Å². The van der Waals surface area contributed by atoms with Crippen LogP contribution in [0.4, 0.5) is 0 Å². The molecule has 0 amide bonds. The fraction of sp³-hybridized carbons (Fsp3) is 0.667. The van der Waals surface area contributed by atoms with E-state index in [1.807, 2.05) is 14.0 Å². The number of halogens is 1. The lowest BCUT2D eigenvalue weighted by atomic mass is 10.2. The van der Waals surface area contributed by atoms with Crippen molar-refractivity contribution < 1.29 is 8.42 Å². The Hall–Kier alpha value is 0.0500. The van der Waals surface area contributed by atoms with Crippen LogP contribution in [0.5, 0.6) is 0 Å². The Morgan fingerprint density at radius 1 is 1.58 bits per heavy atom. The Balaban J connectivity index is 2.27. The summed E-state index contributed by atoms with van der Waals surface area (Å²) in [5.74, 6) is 0.522. The van der Waals surface area contributed by atoms with Crippen molar-refractivity contribution >= 4 is 37.3 Å². The normalized spacial score (nSPS) is 17.9. The molecule has 0 aromatic carbocycles. The maximum absolute atomic E-state index is 12.6. The molecule has 2 rings (SSSR count). The quantitative estimate of drug-likeness (QED) is 0.841. The van der Waals surface area contributed by atoms with Crippen LogP contribution in [0.2, 0.25) is 0 Å². The first-order chi connectivity index (χ1) is 8.87. The van der Waals surface area contributed by atoms with Crippen molar-refractivity contribution in [3.05, 3.63) is 14.7 Å². The van der Waals surface area contributed by atoms with Gasteiger partial charge in [0.25, 0.3) is 0 Å². The first-order valence-electron chi connectivity index (χ1n) is 6.28. The molecule has 7 heteroatoms. The van der Waals surface area contributed by atoms with Gasteiger partial charge in [0.05, 0.1) is 3.79 Å². The Labute approximate surface area is 127 Å². The monoisotopic (exact) mass is 366 g/mol. The first kappa shape index (κ1) is 15.4. The highest BCUT2D eigenvalue weighted by Crippen LogP contribution is 2.38. The SMILES string of the molecule is CNCc1cc(S(=O)(=O)N(C)C(C)C2CC2)c(Br)s1. The van der Waals surface area contributed by atoms with Crippen molar-refractivity contribution in [1.29, 1.82) is 0 Å². The molecule has 108 valence electrons. The third-order valence-corrected chi connectivity index (χ3v) is 7.79. The predicted octanol–water partition coefficient (Wildman–Crippen LogP) is 2.65. The Bertz CT molecular complexity index is 552. The van der Waals surface area contributed by atoms with Gasteiger partial charge in [-0.3, -0.25) is 0 Å². The van der Waals surface area contributed by atoms with E-state index < -0.39 is 10.0 Å². The van der Waals surface area contributed by atoms with E-state index in [2.05, 4.69) is 21.2 Å². The van der Waals surface area contributed by atoms with Gasteiger partial charge in [0.2, 0.25) is 10.0 Å².